The number of aryl methyl sites for hydroxylation is 2. The molecule has 0 atom stereocenters. The van der Waals surface area contributed by atoms with Crippen molar-refractivity contribution in [2.45, 2.75) is 40.2 Å². The van der Waals surface area contributed by atoms with Crippen LogP contribution in [0.25, 0.3) is 11.1 Å². The Hall–Kier alpha value is -2.33. The van der Waals surface area contributed by atoms with E-state index in [1.54, 1.807) is 6.07 Å². The van der Waals surface area contributed by atoms with Gasteiger partial charge < -0.3 is 13.9 Å². The van der Waals surface area contributed by atoms with Crippen LogP contribution >= 0.6 is 11.6 Å². The van der Waals surface area contributed by atoms with Crippen molar-refractivity contribution in [1.82, 2.24) is 4.98 Å². The predicted octanol–water partition coefficient (Wildman–Crippen LogP) is 5.12. The first-order chi connectivity index (χ1) is 12.0. The third kappa shape index (κ3) is 3.69. The Morgan fingerprint density at radius 2 is 1.96 bits per heavy atom. The van der Waals surface area contributed by atoms with Crippen molar-refractivity contribution in [3.8, 4) is 5.75 Å². The lowest BCUT2D eigenvalue weighted by Gasteiger charge is -2.14. The van der Waals surface area contributed by atoms with Crippen LogP contribution in [-0.2, 0) is 17.8 Å². The Bertz CT molecular complexity index is 930. The van der Waals surface area contributed by atoms with E-state index >= 15 is 0 Å². The number of oxazole rings is 1. The van der Waals surface area contributed by atoms with Gasteiger partial charge in [0, 0.05) is 23.9 Å². The first-order valence-electron chi connectivity index (χ1n) is 8.20. The molecular weight excluding hydrogens is 338 g/mol. The molecule has 3 rings (SSSR count). The molecule has 0 bridgehead atoms. The van der Waals surface area contributed by atoms with Gasteiger partial charge in [-0.2, -0.15) is 0 Å². The molecule has 0 saturated heterocycles. The summed E-state index contributed by atoms with van der Waals surface area (Å²) < 4.78 is 11.7. The van der Waals surface area contributed by atoms with Crippen molar-refractivity contribution in [2.24, 2.45) is 0 Å². The monoisotopic (exact) mass is 357 g/mol. The van der Waals surface area contributed by atoms with Crippen LogP contribution in [0.2, 0.25) is 5.02 Å². The largest absolute Gasteiger partial charge is 0.488 e. The van der Waals surface area contributed by atoms with E-state index in [4.69, 9.17) is 20.8 Å². The summed E-state index contributed by atoms with van der Waals surface area (Å²) >= 11 is 6.17. The summed E-state index contributed by atoms with van der Waals surface area (Å²) in [5.74, 6) is 1.42. The Balaban J connectivity index is 1.84. The number of nitrogens with zero attached hydrogens (tertiary/aromatic N) is 1. The standard InChI is InChI=1S/C20H20ClNO3/c1-12-13(2)19(7-6-15(12)5-4-8-23)24-11-16-9-17(21)10-18-20(16)25-14(3)22-18/h6-10H,4-5,11H2,1-3H3. The summed E-state index contributed by atoms with van der Waals surface area (Å²) in [6.45, 7) is 6.24. The van der Waals surface area contributed by atoms with Crippen LogP contribution in [0.3, 0.4) is 0 Å². The molecule has 0 fully saturated rings. The summed E-state index contributed by atoms with van der Waals surface area (Å²) in [6.07, 6.45) is 2.23. The highest BCUT2D eigenvalue weighted by atomic mass is 35.5. The molecular formula is C20H20ClNO3. The minimum Gasteiger partial charge on any atom is -0.488 e. The molecule has 0 N–H and O–H groups in total. The van der Waals surface area contributed by atoms with Crippen LogP contribution < -0.4 is 4.74 Å². The molecule has 0 unspecified atom stereocenters. The fourth-order valence-electron chi connectivity index (χ4n) is 2.93. The highest BCUT2D eigenvalue weighted by Gasteiger charge is 2.12. The normalized spacial score (nSPS) is 11.0. The molecule has 5 heteroatoms. The second kappa shape index (κ2) is 7.28. The number of aldehydes is 1. The van der Waals surface area contributed by atoms with Gasteiger partial charge in [0.2, 0.25) is 0 Å². The van der Waals surface area contributed by atoms with Crippen LogP contribution in [0.1, 0.15) is 34.6 Å². The van der Waals surface area contributed by atoms with Gasteiger partial charge in [-0.1, -0.05) is 17.7 Å². The Kier molecular flexibility index (Phi) is 5.09. The molecule has 25 heavy (non-hydrogen) atoms. The number of fused-ring (bicyclic) bond motifs is 1. The average Bonchev–Trinajstić information content (AvgIpc) is 2.95. The van der Waals surface area contributed by atoms with Crippen LogP contribution in [-0.4, -0.2) is 11.3 Å². The minimum absolute atomic E-state index is 0.347. The zero-order chi connectivity index (χ0) is 18.0. The first-order valence-corrected chi connectivity index (χ1v) is 8.58. The zero-order valence-electron chi connectivity index (χ0n) is 14.6. The Morgan fingerprint density at radius 1 is 1.16 bits per heavy atom. The van der Waals surface area contributed by atoms with Gasteiger partial charge in [0.1, 0.15) is 24.2 Å². The smallest absolute Gasteiger partial charge is 0.192 e. The van der Waals surface area contributed by atoms with Crippen molar-refractivity contribution in [3.05, 3.63) is 57.4 Å². The maximum Gasteiger partial charge on any atom is 0.192 e. The van der Waals surface area contributed by atoms with E-state index < -0.39 is 0 Å². The predicted molar refractivity (Wildman–Crippen MR) is 98.4 cm³/mol. The molecule has 0 amide bonds. The van der Waals surface area contributed by atoms with Crippen molar-refractivity contribution in [1.29, 1.82) is 0 Å². The van der Waals surface area contributed by atoms with Gasteiger partial charge in [-0.05, 0) is 55.2 Å². The molecule has 0 aliphatic rings. The molecule has 1 aromatic heterocycles. The molecule has 0 aliphatic heterocycles. The molecule has 0 aliphatic carbocycles. The molecule has 0 saturated carbocycles. The van der Waals surface area contributed by atoms with Gasteiger partial charge in [-0.15, -0.1) is 0 Å². The minimum atomic E-state index is 0.347. The zero-order valence-corrected chi connectivity index (χ0v) is 15.3. The van der Waals surface area contributed by atoms with Crippen molar-refractivity contribution in [3.63, 3.8) is 0 Å². The van der Waals surface area contributed by atoms with E-state index in [0.717, 1.165) is 40.7 Å². The number of hydrogen-bond acceptors (Lipinski definition) is 4. The Morgan fingerprint density at radius 3 is 2.72 bits per heavy atom. The molecule has 3 aromatic rings. The first kappa shape index (κ1) is 17.5. The summed E-state index contributed by atoms with van der Waals surface area (Å²) in [5.41, 5.74) is 5.72. The molecule has 0 spiro atoms. The number of aromatic nitrogens is 1. The van der Waals surface area contributed by atoms with Gasteiger partial charge in [0.25, 0.3) is 0 Å². The summed E-state index contributed by atoms with van der Waals surface area (Å²) in [4.78, 5) is 14.9. The van der Waals surface area contributed by atoms with E-state index in [9.17, 15) is 4.79 Å². The lowest BCUT2D eigenvalue weighted by molar-refractivity contribution is -0.107. The van der Waals surface area contributed by atoms with Crippen molar-refractivity contribution in [2.75, 3.05) is 0 Å². The van der Waals surface area contributed by atoms with Gasteiger partial charge in [-0.3, -0.25) is 0 Å². The van der Waals surface area contributed by atoms with Crippen LogP contribution in [0.5, 0.6) is 5.75 Å². The summed E-state index contributed by atoms with van der Waals surface area (Å²) in [7, 11) is 0. The molecule has 4 nitrogen and oxygen atoms in total. The average molecular weight is 358 g/mol. The van der Waals surface area contributed by atoms with E-state index in [1.807, 2.05) is 32.0 Å². The number of benzene rings is 2. The van der Waals surface area contributed by atoms with Gasteiger partial charge in [0.05, 0.1) is 0 Å². The second-order valence-corrected chi connectivity index (χ2v) is 6.55. The maximum atomic E-state index is 10.6. The van der Waals surface area contributed by atoms with Crippen LogP contribution in [0.4, 0.5) is 0 Å². The number of ether oxygens (including phenoxy) is 1. The van der Waals surface area contributed by atoms with E-state index in [2.05, 4.69) is 11.9 Å². The maximum absolute atomic E-state index is 10.6. The van der Waals surface area contributed by atoms with E-state index in [1.165, 1.54) is 5.56 Å². The third-order valence-corrected chi connectivity index (χ3v) is 4.62. The highest BCUT2D eigenvalue weighted by molar-refractivity contribution is 6.31. The van der Waals surface area contributed by atoms with E-state index in [0.29, 0.717) is 29.5 Å². The van der Waals surface area contributed by atoms with Gasteiger partial charge >= 0.3 is 0 Å². The van der Waals surface area contributed by atoms with Crippen molar-refractivity contribution >= 4 is 29.0 Å². The Labute approximate surface area is 151 Å². The second-order valence-electron chi connectivity index (χ2n) is 6.11. The lowest BCUT2D eigenvalue weighted by Crippen LogP contribution is -2.01. The topological polar surface area (TPSA) is 52.3 Å². The number of carbonyl (C=O) groups is 1. The van der Waals surface area contributed by atoms with Crippen LogP contribution in [0.15, 0.2) is 28.7 Å². The SMILES string of the molecule is Cc1nc2cc(Cl)cc(COc3ccc(CCC=O)c(C)c3C)c2o1. The number of halogens is 1. The third-order valence-electron chi connectivity index (χ3n) is 4.40. The fourth-order valence-corrected chi connectivity index (χ4v) is 3.17. The van der Waals surface area contributed by atoms with E-state index in [-0.39, 0.29) is 0 Å². The van der Waals surface area contributed by atoms with Gasteiger partial charge in [0.15, 0.2) is 11.5 Å². The van der Waals surface area contributed by atoms with Gasteiger partial charge in [-0.25, -0.2) is 4.98 Å². The highest BCUT2D eigenvalue weighted by Crippen LogP contribution is 2.29. The fraction of sp³-hybridized carbons (Fsp3) is 0.300. The number of rotatable bonds is 6. The summed E-state index contributed by atoms with van der Waals surface area (Å²) in [6, 6.07) is 7.60. The molecule has 130 valence electrons. The molecule has 2 aromatic carbocycles. The molecule has 0 radical (unpaired) electrons. The van der Waals surface area contributed by atoms with Crippen LogP contribution in [0, 0.1) is 20.8 Å². The number of carbonyl (C=O) groups excluding carboxylic acids is 1. The lowest BCUT2D eigenvalue weighted by atomic mass is 9.99. The molecule has 1 heterocycles. The quantitative estimate of drug-likeness (QED) is 0.575. The summed E-state index contributed by atoms with van der Waals surface area (Å²) in [5, 5.41) is 0.608. The number of hydrogen-bond donors (Lipinski definition) is 0. The van der Waals surface area contributed by atoms with Crippen molar-refractivity contribution < 1.29 is 13.9 Å².